The second-order valence-corrected chi connectivity index (χ2v) is 4.95. The summed E-state index contributed by atoms with van der Waals surface area (Å²) in [7, 11) is 0. The van der Waals surface area contributed by atoms with Gasteiger partial charge in [0.2, 0.25) is 5.91 Å². The van der Waals surface area contributed by atoms with Gasteiger partial charge in [-0.05, 0) is 26.0 Å². The van der Waals surface area contributed by atoms with Gasteiger partial charge in [-0.3, -0.25) is 9.63 Å². The van der Waals surface area contributed by atoms with E-state index >= 15 is 0 Å². The molecule has 0 atom stereocenters. The van der Waals surface area contributed by atoms with Gasteiger partial charge in [0.05, 0.1) is 32.3 Å². The van der Waals surface area contributed by atoms with Crippen molar-refractivity contribution in [1.29, 1.82) is 0 Å². The van der Waals surface area contributed by atoms with Crippen LogP contribution in [0.4, 0.5) is 5.69 Å². The number of hydrogen-bond acceptors (Lipinski definition) is 5. The summed E-state index contributed by atoms with van der Waals surface area (Å²) in [6.45, 7) is 7.91. The third-order valence-electron chi connectivity index (χ3n) is 2.54. The van der Waals surface area contributed by atoms with Crippen molar-refractivity contribution in [1.82, 2.24) is 5.48 Å². The lowest BCUT2D eigenvalue weighted by Gasteiger charge is -2.11. The van der Waals surface area contributed by atoms with Gasteiger partial charge in [0.25, 0.3) is 0 Å². The highest BCUT2D eigenvalue weighted by molar-refractivity contribution is 5.90. The van der Waals surface area contributed by atoms with Gasteiger partial charge >= 0.3 is 0 Å². The molecule has 0 aliphatic heterocycles. The van der Waals surface area contributed by atoms with E-state index in [1.54, 1.807) is 0 Å². The van der Waals surface area contributed by atoms with Crippen LogP contribution < -0.4 is 15.5 Å². The number of hydroxylamine groups is 1. The highest BCUT2D eigenvalue weighted by Crippen LogP contribution is 2.18. The van der Waals surface area contributed by atoms with E-state index in [0.717, 1.165) is 18.0 Å². The molecule has 6 nitrogen and oxygen atoms in total. The van der Waals surface area contributed by atoms with Crippen molar-refractivity contribution in [3.8, 4) is 5.75 Å². The third-order valence-corrected chi connectivity index (χ3v) is 2.54. The zero-order valence-electron chi connectivity index (χ0n) is 13.6. The van der Waals surface area contributed by atoms with Gasteiger partial charge in [-0.25, -0.2) is 5.48 Å². The van der Waals surface area contributed by atoms with Crippen molar-refractivity contribution in [3.63, 3.8) is 0 Å². The Labute approximate surface area is 132 Å². The lowest BCUT2D eigenvalue weighted by atomic mass is 10.3. The van der Waals surface area contributed by atoms with Crippen LogP contribution in [-0.2, 0) is 14.4 Å². The summed E-state index contributed by atoms with van der Waals surface area (Å²) in [4.78, 5) is 16.8. The van der Waals surface area contributed by atoms with E-state index in [4.69, 9.17) is 14.3 Å². The molecule has 0 spiro atoms. The molecule has 0 heterocycles. The molecule has 2 N–H and O–H groups in total. The van der Waals surface area contributed by atoms with Gasteiger partial charge < -0.3 is 14.8 Å². The van der Waals surface area contributed by atoms with Crippen molar-refractivity contribution in [2.24, 2.45) is 0 Å². The average Bonchev–Trinajstić information content (AvgIpc) is 2.46. The summed E-state index contributed by atoms with van der Waals surface area (Å²) in [6.07, 6.45) is 0.403. The zero-order valence-corrected chi connectivity index (χ0v) is 13.6. The minimum atomic E-state index is -0.0886. The first kappa shape index (κ1) is 18.4. The van der Waals surface area contributed by atoms with Crippen LogP contribution >= 0.6 is 0 Å². The number of anilines is 1. The smallest absolute Gasteiger partial charge is 0.226 e. The van der Waals surface area contributed by atoms with Crippen LogP contribution in [0.5, 0.6) is 5.75 Å². The summed E-state index contributed by atoms with van der Waals surface area (Å²) < 4.78 is 10.9. The highest BCUT2D eigenvalue weighted by atomic mass is 16.7. The maximum Gasteiger partial charge on any atom is 0.226 e. The quantitative estimate of drug-likeness (QED) is 0.485. The molecule has 0 unspecified atom stereocenters. The first-order valence-corrected chi connectivity index (χ1v) is 7.60. The number of benzene rings is 1. The molecule has 1 amide bonds. The summed E-state index contributed by atoms with van der Waals surface area (Å²) >= 11 is 0. The normalized spacial score (nSPS) is 10.7. The number of amides is 1. The predicted octanol–water partition coefficient (Wildman–Crippen LogP) is 2.36. The van der Waals surface area contributed by atoms with Gasteiger partial charge in [0.15, 0.2) is 0 Å². The molecular formula is C16H26N2O4. The van der Waals surface area contributed by atoms with E-state index in [9.17, 15) is 4.79 Å². The Morgan fingerprint density at radius 1 is 1.23 bits per heavy atom. The standard InChI is InChI=1S/C16H26N2O4/c1-4-17-21-11-10-20-9-8-16(19)18-14-6-5-7-15(12-14)22-13(2)3/h5-7,12-13,17H,4,8-11H2,1-3H3,(H,18,19). The van der Waals surface area contributed by atoms with Gasteiger partial charge in [-0.15, -0.1) is 0 Å². The fourth-order valence-electron chi connectivity index (χ4n) is 1.68. The third kappa shape index (κ3) is 8.61. The van der Waals surface area contributed by atoms with Crippen molar-refractivity contribution >= 4 is 11.6 Å². The molecule has 0 saturated carbocycles. The molecule has 0 bridgehead atoms. The first-order chi connectivity index (χ1) is 10.6. The minimum absolute atomic E-state index is 0.0886. The van der Waals surface area contributed by atoms with Crippen LogP contribution in [0.2, 0.25) is 0 Å². The molecule has 1 aromatic rings. The summed E-state index contributed by atoms with van der Waals surface area (Å²) in [6, 6.07) is 7.35. The summed E-state index contributed by atoms with van der Waals surface area (Å²) in [5, 5.41) is 2.82. The van der Waals surface area contributed by atoms with Crippen molar-refractivity contribution in [3.05, 3.63) is 24.3 Å². The molecule has 0 saturated heterocycles. The van der Waals surface area contributed by atoms with E-state index in [1.807, 2.05) is 45.0 Å². The van der Waals surface area contributed by atoms with E-state index in [1.165, 1.54) is 0 Å². The van der Waals surface area contributed by atoms with Crippen molar-refractivity contribution in [2.45, 2.75) is 33.3 Å². The fourth-order valence-corrected chi connectivity index (χ4v) is 1.68. The van der Waals surface area contributed by atoms with Crippen LogP contribution in [0.3, 0.4) is 0 Å². The summed E-state index contributed by atoms with van der Waals surface area (Å²) in [5.74, 6) is 0.652. The second-order valence-electron chi connectivity index (χ2n) is 4.95. The monoisotopic (exact) mass is 310 g/mol. The predicted molar refractivity (Wildman–Crippen MR) is 85.9 cm³/mol. The number of rotatable bonds is 11. The first-order valence-electron chi connectivity index (χ1n) is 7.60. The van der Waals surface area contributed by atoms with Gasteiger partial charge in [-0.1, -0.05) is 13.0 Å². The van der Waals surface area contributed by atoms with Crippen LogP contribution in [-0.4, -0.2) is 38.4 Å². The molecule has 124 valence electrons. The van der Waals surface area contributed by atoms with Crippen LogP contribution in [0.15, 0.2) is 24.3 Å². The second kappa shape index (κ2) is 11.0. The highest BCUT2D eigenvalue weighted by Gasteiger charge is 2.04. The number of nitrogens with one attached hydrogen (secondary N) is 2. The largest absolute Gasteiger partial charge is 0.491 e. The Morgan fingerprint density at radius 2 is 2.05 bits per heavy atom. The molecule has 0 aliphatic carbocycles. The van der Waals surface area contributed by atoms with E-state index in [2.05, 4.69) is 10.8 Å². The number of ether oxygens (including phenoxy) is 2. The maximum atomic E-state index is 11.8. The van der Waals surface area contributed by atoms with Crippen LogP contribution in [0.25, 0.3) is 0 Å². The number of carbonyl (C=O) groups excluding carboxylic acids is 1. The van der Waals surface area contributed by atoms with Crippen LogP contribution in [0.1, 0.15) is 27.2 Å². The Balaban J connectivity index is 2.21. The van der Waals surface area contributed by atoms with Gasteiger partial charge in [0.1, 0.15) is 5.75 Å². The van der Waals surface area contributed by atoms with E-state index < -0.39 is 0 Å². The summed E-state index contributed by atoms with van der Waals surface area (Å²) in [5.41, 5.74) is 3.45. The molecule has 6 heteroatoms. The minimum Gasteiger partial charge on any atom is -0.491 e. The Morgan fingerprint density at radius 3 is 2.77 bits per heavy atom. The van der Waals surface area contributed by atoms with E-state index in [-0.39, 0.29) is 12.0 Å². The lowest BCUT2D eigenvalue weighted by molar-refractivity contribution is -0.117. The number of hydrogen-bond donors (Lipinski definition) is 2. The van der Waals surface area contributed by atoms with E-state index in [0.29, 0.717) is 26.2 Å². The molecule has 0 aliphatic rings. The molecule has 22 heavy (non-hydrogen) atoms. The average molecular weight is 310 g/mol. The molecule has 0 fully saturated rings. The Hall–Kier alpha value is -1.63. The van der Waals surface area contributed by atoms with Crippen molar-refractivity contribution in [2.75, 3.05) is 31.7 Å². The van der Waals surface area contributed by atoms with Crippen molar-refractivity contribution < 1.29 is 19.1 Å². The molecular weight excluding hydrogens is 284 g/mol. The lowest BCUT2D eigenvalue weighted by Crippen LogP contribution is -2.19. The molecule has 0 aromatic heterocycles. The Kier molecular flexibility index (Phi) is 9.21. The zero-order chi connectivity index (χ0) is 16.2. The Bertz CT molecular complexity index is 438. The van der Waals surface area contributed by atoms with Crippen LogP contribution in [0, 0.1) is 0 Å². The molecule has 0 radical (unpaired) electrons. The van der Waals surface area contributed by atoms with Gasteiger partial charge in [0, 0.05) is 18.3 Å². The molecule has 1 rings (SSSR count). The SMILES string of the molecule is CCNOCCOCCC(=O)Nc1cccc(OC(C)C)c1. The topological polar surface area (TPSA) is 68.8 Å². The fraction of sp³-hybridized carbons (Fsp3) is 0.562. The number of carbonyl (C=O) groups is 1. The maximum absolute atomic E-state index is 11.8. The van der Waals surface area contributed by atoms with Gasteiger partial charge in [-0.2, -0.15) is 0 Å². The molecule has 1 aromatic carbocycles.